The quantitative estimate of drug-likeness (QED) is 0.503. The van der Waals surface area contributed by atoms with Crippen LogP contribution in [-0.4, -0.2) is 49.9 Å². The number of hydrogen-bond donors (Lipinski definition) is 1. The lowest BCUT2D eigenvalue weighted by Gasteiger charge is -2.28. The SMILES string of the molecule is COCCSCCC(C)(NC1CC1)C(=O)OC. The summed E-state index contributed by atoms with van der Waals surface area (Å²) in [5, 5.41) is 3.39. The summed E-state index contributed by atoms with van der Waals surface area (Å²) in [4.78, 5) is 11.8. The first-order valence-corrected chi connectivity index (χ1v) is 7.20. The number of methoxy groups -OCH3 is 2. The highest BCUT2D eigenvalue weighted by atomic mass is 32.2. The summed E-state index contributed by atoms with van der Waals surface area (Å²) in [6, 6.07) is 0.503. The zero-order valence-electron chi connectivity index (χ0n) is 11.0. The van der Waals surface area contributed by atoms with Crippen LogP contribution in [0.4, 0.5) is 0 Å². The summed E-state index contributed by atoms with van der Waals surface area (Å²) in [5.74, 6) is 1.75. The fraction of sp³-hybridized carbons (Fsp3) is 0.917. The predicted molar refractivity (Wildman–Crippen MR) is 70.4 cm³/mol. The van der Waals surface area contributed by atoms with Gasteiger partial charge in [-0.15, -0.1) is 0 Å². The number of esters is 1. The molecule has 100 valence electrons. The van der Waals surface area contributed by atoms with Gasteiger partial charge in [-0.3, -0.25) is 10.1 Å². The van der Waals surface area contributed by atoms with Gasteiger partial charge in [-0.2, -0.15) is 11.8 Å². The van der Waals surface area contributed by atoms with Crippen molar-refractivity contribution in [3.8, 4) is 0 Å². The van der Waals surface area contributed by atoms with Gasteiger partial charge in [-0.05, 0) is 31.9 Å². The Hall–Kier alpha value is -0.260. The Kier molecular flexibility index (Phi) is 6.30. The highest BCUT2D eigenvalue weighted by Crippen LogP contribution is 2.25. The average molecular weight is 261 g/mol. The number of nitrogens with one attached hydrogen (secondary N) is 1. The number of hydrogen-bond acceptors (Lipinski definition) is 5. The molecule has 1 aliphatic carbocycles. The lowest BCUT2D eigenvalue weighted by molar-refractivity contribution is -0.148. The van der Waals surface area contributed by atoms with Crippen molar-refractivity contribution >= 4 is 17.7 Å². The Bertz CT molecular complexity index is 246. The minimum absolute atomic E-state index is 0.156. The second-order valence-electron chi connectivity index (χ2n) is 4.60. The highest BCUT2D eigenvalue weighted by molar-refractivity contribution is 7.99. The van der Waals surface area contributed by atoms with Gasteiger partial charge in [0.15, 0.2) is 0 Å². The third kappa shape index (κ3) is 5.27. The molecule has 0 aromatic carbocycles. The Labute approximate surface area is 108 Å². The van der Waals surface area contributed by atoms with E-state index in [2.05, 4.69) is 5.32 Å². The maximum atomic E-state index is 11.8. The summed E-state index contributed by atoms with van der Waals surface area (Å²) in [7, 11) is 3.15. The molecule has 0 amide bonds. The minimum Gasteiger partial charge on any atom is -0.468 e. The molecule has 1 atom stereocenters. The number of rotatable bonds is 9. The molecule has 1 N–H and O–H groups in total. The molecule has 5 heteroatoms. The van der Waals surface area contributed by atoms with Crippen LogP contribution in [0.15, 0.2) is 0 Å². The molecule has 1 aliphatic rings. The maximum absolute atomic E-state index is 11.8. The van der Waals surface area contributed by atoms with Crippen LogP contribution in [0.5, 0.6) is 0 Å². The minimum atomic E-state index is -0.532. The summed E-state index contributed by atoms with van der Waals surface area (Å²) in [6.45, 7) is 2.70. The van der Waals surface area contributed by atoms with Gasteiger partial charge in [0, 0.05) is 18.9 Å². The van der Waals surface area contributed by atoms with Crippen LogP contribution in [-0.2, 0) is 14.3 Å². The molecular formula is C12H23NO3S. The molecule has 0 bridgehead atoms. The first-order valence-electron chi connectivity index (χ1n) is 6.05. The molecule has 1 saturated carbocycles. The predicted octanol–water partition coefficient (Wildman–Crippen LogP) is 1.44. The third-order valence-corrected chi connectivity index (χ3v) is 3.86. The Morgan fingerprint density at radius 2 is 2.12 bits per heavy atom. The van der Waals surface area contributed by atoms with Gasteiger partial charge in [0.2, 0.25) is 0 Å². The Morgan fingerprint density at radius 1 is 1.41 bits per heavy atom. The largest absolute Gasteiger partial charge is 0.468 e. The van der Waals surface area contributed by atoms with Gasteiger partial charge in [-0.1, -0.05) is 0 Å². The normalized spacial score (nSPS) is 18.8. The van der Waals surface area contributed by atoms with Crippen molar-refractivity contribution in [3.05, 3.63) is 0 Å². The lowest BCUT2D eigenvalue weighted by atomic mass is 9.99. The molecule has 4 nitrogen and oxygen atoms in total. The van der Waals surface area contributed by atoms with Crippen LogP contribution in [0.2, 0.25) is 0 Å². The number of thioether (sulfide) groups is 1. The van der Waals surface area contributed by atoms with Crippen LogP contribution in [0.3, 0.4) is 0 Å². The Morgan fingerprint density at radius 3 is 2.65 bits per heavy atom. The number of carbonyl (C=O) groups excluding carboxylic acids is 1. The van der Waals surface area contributed by atoms with E-state index in [0.29, 0.717) is 6.04 Å². The van der Waals surface area contributed by atoms with Crippen LogP contribution in [0.25, 0.3) is 0 Å². The van der Waals surface area contributed by atoms with Crippen LogP contribution in [0, 0.1) is 0 Å². The van der Waals surface area contributed by atoms with E-state index in [9.17, 15) is 4.79 Å². The van der Waals surface area contributed by atoms with Gasteiger partial charge >= 0.3 is 5.97 Å². The van der Waals surface area contributed by atoms with E-state index in [1.54, 1.807) is 7.11 Å². The molecule has 0 aromatic rings. The molecule has 1 rings (SSSR count). The van der Waals surface area contributed by atoms with Crippen molar-refractivity contribution < 1.29 is 14.3 Å². The second-order valence-corrected chi connectivity index (χ2v) is 5.82. The molecule has 0 radical (unpaired) electrons. The van der Waals surface area contributed by atoms with E-state index in [1.807, 2.05) is 18.7 Å². The van der Waals surface area contributed by atoms with Crippen LogP contribution < -0.4 is 5.32 Å². The number of ether oxygens (including phenoxy) is 2. The standard InChI is InChI=1S/C12H23NO3S/c1-12(11(14)16-3,13-10-4-5-10)6-8-17-9-7-15-2/h10,13H,4-9H2,1-3H3. The van der Waals surface area contributed by atoms with Crippen LogP contribution >= 0.6 is 11.8 Å². The summed E-state index contributed by atoms with van der Waals surface area (Å²) >= 11 is 1.81. The van der Waals surface area contributed by atoms with E-state index < -0.39 is 5.54 Å². The molecule has 0 aliphatic heterocycles. The van der Waals surface area contributed by atoms with Gasteiger partial charge < -0.3 is 9.47 Å². The van der Waals surface area contributed by atoms with E-state index in [0.717, 1.165) is 24.5 Å². The molecule has 1 unspecified atom stereocenters. The van der Waals surface area contributed by atoms with Gasteiger partial charge in [0.05, 0.1) is 13.7 Å². The summed E-state index contributed by atoms with van der Waals surface area (Å²) in [5.41, 5.74) is -0.532. The first kappa shape index (κ1) is 14.8. The van der Waals surface area contributed by atoms with Gasteiger partial charge in [-0.25, -0.2) is 0 Å². The van der Waals surface area contributed by atoms with Crippen LogP contribution in [0.1, 0.15) is 26.2 Å². The summed E-state index contributed by atoms with van der Waals surface area (Å²) < 4.78 is 9.88. The van der Waals surface area contributed by atoms with Crippen molar-refractivity contribution in [3.63, 3.8) is 0 Å². The highest BCUT2D eigenvalue weighted by Gasteiger charge is 2.38. The topological polar surface area (TPSA) is 47.6 Å². The monoisotopic (exact) mass is 261 g/mol. The molecule has 0 aromatic heterocycles. The zero-order chi connectivity index (χ0) is 12.7. The second kappa shape index (κ2) is 7.24. The maximum Gasteiger partial charge on any atom is 0.325 e. The molecule has 1 fully saturated rings. The van der Waals surface area contributed by atoms with Crippen molar-refractivity contribution in [1.29, 1.82) is 0 Å². The first-order chi connectivity index (χ1) is 8.12. The van der Waals surface area contributed by atoms with E-state index in [-0.39, 0.29) is 5.97 Å². The summed E-state index contributed by atoms with van der Waals surface area (Å²) in [6.07, 6.45) is 3.14. The van der Waals surface area contributed by atoms with E-state index in [4.69, 9.17) is 9.47 Å². The Balaban J connectivity index is 2.31. The van der Waals surface area contributed by atoms with Crippen molar-refractivity contribution in [2.75, 3.05) is 32.3 Å². The lowest BCUT2D eigenvalue weighted by Crippen LogP contribution is -2.51. The molecule has 0 saturated heterocycles. The van der Waals surface area contributed by atoms with Gasteiger partial charge in [0.25, 0.3) is 0 Å². The fourth-order valence-corrected chi connectivity index (χ4v) is 2.70. The fourth-order valence-electron chi connectivity index (χ4n) is 1.66. The van der Waals surface area contributed by atoms with E-state index in [1.165, 1.54) is 20.0 Å². The zero-order valence-corrected chi connectivity index (χ0v) is 11.8. The third-order valence-electron chi connectivity index (χ3n) is 2.91. The van der Waals surface area contributed by atoms with Crippen molar-refractivity contribution in [1.82, 2.24) is 5.32 Å². The van der Waals surface area contributed by atoms with Crippen molar-refractivity contribution in [2.24, 2.45) is 0 Å². The molecule has 0 heterocycles. The number of carbonyl (C=O) groups is 1. The van der Waals surface area contributed by atoms with Crippen molar-refractivity contribution in [2.45, 2.75) is 37.8 Å². The van der Waals surface area contributed by atoms with E-state index >= 15 is 0 Å². The average Bonchev–Trinajstić information content (AvgIpc) is 3.11. The smallest absolute Gasteiger partial charge is 0.325 e. The molecular weight excluding hydrogens is 238 g/mol. The molecule has 0 spiro atoms. The molecule has 17 heavy (non-hydrogen) atoms. The van der Waals surface area contributed by atoms with Gasteiger partial charge in [0.1, 0.15) is 5.54 Å².